The maximum Gasteiger partial charge on any atom is 0.346 e. The number of esters is 1. The third-order valence-electron chi connectivity index (χ3n) is 10.6. The number of rotatable bonds is 36. The third kappa shape index (κ3) is 23.9. The first-order chi connectivity index (χ1) is 24.5. The van der Waals surface area contributed by atoms with Gasteiger partial charge in [-0.2, -0.15) is 0 Å². The summed E-state index contributed by atoms with van der Waals surface area (Å²) in [6.07, 6.45) is 48.9. The molecule has 0 saturated heterocycles. The van der Waals surface area contributed by atoms with Crippen molar-refractivity contribution in [2.75, 3.05) is 33.8 Å². The molecule has 1 heterocycles. The van der Waals surface area contributed by atoms with Crippen LogP contribution in [0.3, 0.4) is 0 Å². The second kappa shape index (κ2) is 33.4. The van der Waals surface area contributed by atoms with E-state index in [4.69, 9.17) is 9.73 Å². The van der Waals surface area contributed by atoms with Crippen LogP contribution in [0.25, 0.3) is 0 Å². The summed E-state index contributed by atoms with van der Waals surface area (Å²) < 4.78 is 5.52. The quantitative estimate of drug-likeness (QED) is 0.0371. The molecule has 50 heavy (non-hydrogen) atoms. The van der Waals surface area contributed by atoms with Crippen LogP contribution >= 0.6 is 0 Å². The van der Waals surface area contributed by atoms with Gasteiger partial charge < -0.3 is 9.64 Å². The molecule has 292 valence electrons. The first-order valence-electron chi connectivity index (χ1n) is 21.9. The van der Waals surface area contributed by atoms with Gasteiger partial charge in [0.05, 0.1) is 12.1 Å². The van der Waals surface area contributed by atoms with Gasteiger partial charge in [0, 0.05) is 12.8 Å². The van der Waals surface area contributed by atoms with Crippen molar-refractivity contribution >= 4 is 12.2 Å². The fraction of sp³-hybridized carbons (Fsp3) is 0.867. The van der Waals surface area contributed by atoms with Crippen molar-refractivity contribution in [3.05, 3.63) is 24.3 Å². The van der Waals surface area contributed by atoms with Crippen molar-refractivity contribution in [2.24, 2.45) is 4.99 Å². The lowest BCUT2D eigenvalue weighted by Crippen LogP contribution is -2.53. The Kier molecular flexibility index (Phi) is 31.1. The van der Waals surface area contributed by atoms with Crippen molar-refractivity contribution in [3.63, 3.8) is 0 Å². The predicted octanol–water partition coefficient (Wildman–Crippen LogP) is 13.0. The molecule has 0 fully saturated rings. The number of nitrogens with zero attached hydrogens (tertiary/aromatic N) is 3. The molecule has 5 heteroatoms. The van der Waals surface area contributed by atoms with Crippen LogP contribution < -0.4 is 0 Å². The normalized spacial score (nSPS) is 16.2. The van der Waals surface area contributed by atoms with E-state index in [2.05, 4.69) is 68.3 Å². The minimum absolute atomic E-state index is 0.123. The summed E-state index contributed by atoms with van der Waals surface area (Å²) in [4.78, 5) is 22.6. The number of unbranched alkanes of at least 4 members (excludes halogenated alkanes) is 22. The van der Waals surface area contributed by atoms with Gasteiger partial charge in [0.15, 0.2) is 0 Å². The molecule has 0 aromatic carbocycles. The lowest BCUT2D eigenvalue weighted by Gasteiger charge is -2.39. The van der Waals surface area contributed by atoms with Crippen LogP contribution in [-0.4, -0.2) is 67.5 Å². The van der Waals surface area contributed by atoms with E-state index in [9.17, 15) is 4.79 Å². The average molecular weight is 700 g/mol. The van der Waals surface area contributed by atoms with Crippen molar-refractivity contribution < 1.29 is 9.53 Å². The molecular weight excluding hydrogens is 615 g/mol. The largest absolute Gasteiger partial charge is 0.463 e. The van der Waals surface area contributed by atoms with E-state index in [0.29, 0.717) is 6.61 Å². The van der Waals surface area contributed by atoms with E-state index in [1.165, 1.54) is 167 Å². The van der Waals surface area contributed by atoms with Crippen LogP contribution in [0.1, 0.15) is 207 Å². The summed E-state index contributed by atoms with van der Waals surface area (Å²) in [5.41, 5.74) is -0.123. The number of carbonyl (C=O) groups is 1. The van der Waals surface area contributed by atoms with Gasteiger partial charge in [-0.3, -0.25) is 9.89 Å². The molecule has 0 aromatic rings. The van der Waals surface area contributed by atoms with Crippen LogP contribution in [0.5, 0.6) is 0 Å². The summed E-state index contributed by atoms with van der Waals surface area (Å²) in [5, 5.41) is 0. The molecule has 1 rings (SSSR count). The van der Waals surface area contributed by atoms with E-state index < -0.39 is 6.17 Å². The van der Waals surface area contributed by atoms with E-state index in [1.807, 2.05) is 6.92 Å². The van der Waals surface area contributed by atoms with Gasteiger partial charge >= 0.3 is 5.97 Å². The van der Waals surface area contributed by atoms with Crippen molar-refractivity contribution in [1.82, 2.24) is 9.80 Å². The molecule has 1 unspecified atom stereocenters. The minimum atomic E-state index is -0.483. The summed E-state index contributed by atoms with van der Waals surface area (Å²) in [7, 11) is 4.26. The Morgan fingerprint density at radius 3 is 1.42 bits per heavy atom. The lowest BCUT2D eigenvalue weighted by molar-refractivity contribution is -0.150. The molecule has 1 aliphatic rings. The van der Waals surface area contributed by atoms with Crippen molar-refractivity contribution in [3.8, 4) is 0 Å². The number of hydrogen-bond acceptors (Lipinski definition) is 5. The number of carbonyl (C=O) groups excluding carboxylic acids is 1. The average Bonchev–Trinajstić information content (AvgIpc) is 3.46. The Balaban J connectivity index is 2.51. The second-order valence-electron chi connectivity index (χ2n) is 15.5. The van der Waals surface area contributed by atoms with Gasteiger partial charge in [-0.05, 0) is 98.2 Å². The molecule has 0 saturated carbocycles. The van der Waals surface area contributed by atoms with Crippen molar-refractivity contribution in [2.45, 2.75) is 219 Å². The summed E-state index contributed by atoms with van der Waals surface area (Å²) in [5.74, 6) is -0.176. The highest BCUT2D eigenvalue weighted by molar-refractivity contribution is 5.84. The van der Waals surface area contributed by atoms with Crippen LogP contribution in [0.2, 0.25) is 0 Å². The smallest absolute Gasteiger partial charge is 0.346 e. The Labute approximate surface area is 312 Å². The first-order valence-corrected chi connectivity index (χ1v) is 21.9. The zero-order valence-corrected chi connectivity index (χ0v) is 34.2. The molecule has 1 atom stereocenters. The van der Waals surface area contributed by atoms with Gasteiger partial charge in [0.25, 0.3) is 0 Å². The SMILES string of the molecule is CCCCCCCC/C=C\CCCCCCCC1(CCCCCCC/C=C\CCCCCCCC)C=NC(C(=O)OCC)N1CCCN(C)C. The maximum absolute atomic E-state index is 13.1. The standard InChI is InChI=1S/C45H85N3O2/c1-6-9-11-13-15-17-19-21-23-25-27-29-31-33-35-38-45(42-46-43(44(49)50-8-3)48(45)41-37-40-47(4)5)39-36-34-32-30-28-26-24-22-20-18-16-14-12-10-7-2/h21-24,42-43H,6-20,25-41H2,1-5H3/b23-21-,24-22-. The highest BCUT2D eigenvalue weighted by atomic mass is 16.5. The van der Waals surface area contributed by atoms with Gasteiger partial charge in [-0.15, -0.1) is 0 Å². The van der Waals surface area contributed by atoms with Crippen LogP contribution in [0.4, 0.5) is 0 Å². The molecule has 0 spiro atoms. The Morgan fingerprint density at radius 2 is 1.02 bits per heavy atom. The van der Waals surface area contributed by atoms with Crippen molar-refractivity contribution in [1.29, 1.82) is 0 Å². The van der Waals surface area contributed by atoms with Gasteiger partial charge in [-0.1, -0.05) is 154 Å². The molecule has 0 bridgehead atoms. The van der Waals surface area contributed by atoms with E-state index >= 15 is 0 Å². The first kappa shape index (κ1) is 46.6. The number of hydrogen-bond donors (Lipinski definition) is 0. The summed E-state index contributed by atoms with van der Waals surface area (Å²) in [6, 6.07) is 0. The third-order valence-corrected chi connectivity index (χ3v) is 10.6. The molecule has 5 nitrogen and oxygen atoms in total. The number of allylic oxidation sites excluding steroid dienone is 4. The molecule has 0 aromatic heterocycles. The fourth-order valence-corrected chi connectivity index (χ4v) is 7.46. The van der Waals surface area contributed by atoms with E-state index in [-0.39, 0.29) is 11.5 Å². The molecule has 0 amide bonds. The second-order valence-corrected chi connectivity index (χ2v) is 15.5. The molecule has 1 aliphatic heterocycles. The van der Waals surface area contributed by atoms with Crippen LogP contribution in [0.15, 0.2) is 29.3 Å². The van der Waals surface area contributed by atoms with E-state index in [1.54, 1.807) is 0 Å². The topological polar surface area (TPSA) is 45.1 Å². The zero-order valence-electron chi connectivity index (χ0n) is 34.2. The summed E-state index contributed by atoms with van der Waals surface area (Å²) >= 11 is 0. The molecular formula is C45H85N3O2. The van der Waals surface area contributed by atoms with Gasteiger partial charge in [0.2, 0.25) is 6.17 Å². The highest BCUT2D eigenvalue weighted by Gasteiger charge is 2.45. The number of ether oxygens (including phenoxy) is 1. The van der Waals surface area contributed by atoms with Gasteiger partial charge in [0.1, 0.15) is 0 Å². The Bertz CT molecular complexity index is 811. The molecule has 0 N–H and O–H groups in total. The molecule has 0 aliphatic carbocycles. The minimum Gasteiger partial charge on any atom is -0.463 e. The van der Waals surface area contributed by atoms with E-state index in [0.717, 1.165) is 32.4 Å². The Morgan fingerprint density at radius 1 is 0.620 bits per heavy atom. The van der Waals surface area contributed by atoms with Crippen LogP contribution in [0, 0.1) is 0 Å². The summed E-state index contributed by atoms with van der Waals surface area (Å²) in [6.45, 7) is 8.79. The van der Waals surface area contributed by atoms with Crippen LogP contribution in [-0.2, 0) is 9.53 Å². The maximum atomic E-state index is 13.1. The highest BCUT2D eigenvalue weighted by Crippen LogP contribution is 2.35. The predicted molar refractivity (Wildman–Crippen MR) is 220 cm³/mol. The number of aliphatic imine (C=N–C) groups is 1. The Hall–Kier alpha value is -1.46. The zero-order chi connectivity index (χ0) is 36.4. The lowest BCUT2D eigenvalue weighted by atomic mass is 9.85. The molecule has 0 radical (unpaired) electrons. The fourth-order valence-electron chi connectivity index (χ4n) is 7.46. The monoisotopic (exact) mass is 700 g/mol. The van der Waals surface area contributed by atoms with Gasteiger partial charge in [-0.25, -0.2) is 4.79 Å².